The van der Waals surface area contributed by atoms with E-state index in [0.29, 0.717) is 6.42 Å². The fraction of sp³-hybridized carbons (Fsp3) is 0.565. The smallest absolute Gasteiger partial charge is 0.408 e. The van der Waals surface area contributed by atoms with Crippen LogP contribution in [-0.4, -0.2) is 53.8 Å². The van der Waals surface area contributed by atoms with Gasteiger partial charge >= 0.3 is 12.1 Å². The summed E-state index contributed by atoms with van der Waals surface area (Å²) in [5.41, 5.74) is 0.254. The maximum Gasteiger partial charge on any atom is 0.408 e. The summed E-state index contributed by atoms with van der Waals surface area (Å²) >= 11 is 5.39. The van der Waals surface area contributed by atoms with Crippen molar-refractivity contribution in [3.05, 3.63) is 35.9 Å². The molecule has 0 spiro atoms. The third kappa shape index (κ3) is 9.64. The minimum atomic E-state index is -0.844. The van der Waals surface area contributed by atoms with Gasteiger partial charge < -0.3 is 25.4 Å². The minimum Gasteiger partial charge on any atom is -0.467 e. The van der Waals surface area contributed by atoms with Gasteiger partial charge in [0.15, 0.2) is 0 Å². The zero-order chi connectivity index (χ0) is 24.5. The molecular formula is C23H35N3O5S. The lowest BCUT2D eigenvalue weighted by molar-refractivity contribution is -0.145. The van der Waals surface area contributed by atoms with Gasteiger partial charge in [-0.15, -0.1) is 0 Å². The van der Waals surface area contributed by atoms with Crippen LogP contribution in [0.5, 0.6) is 0 Å². The largest absolute Gasteiger partial charge is 0.467 e. The van der Waals surface area contributed by atoms with Gasteiger partial charge in [0.05, 0.1) is 18.1 Å². The average molecular weight is 466 g/mol. The van der Waals surface area contributed by atoms with E-state index in [4.69, 9.17) is 21.7 Å². The molecule has 3 N–H and O–H groups in total. The Morgan fingerprint density at radius 3 is 2.09 bits per heavy atom. The Labute approximate surface area is 195 Å². The molecule has 1 aromatic rings. The number of hydrogen-bond acceptors (Lipinski definition) is 6. The first kappa shape index (κ1) is 27.4. The predicted molar refractivity (Wildman–Crippen MR) is 127 cm³/mol. The van der Waals surface area contributed by atoms with Crippen molar-refractivity contribution in [3.63, 3.8) is 0 Å². The number of benzene rings is 1. The molecule has 1 aromatic carbocycles. The Morgan fingerprint density at radius 1 is 1.00 bits per heavy atom. The standard InChI is InChI=1S/C23H35N3O5S/c1-14(2)18(26-20(32)15(3)24-22(29)31-23(4,5)6)19(27)25-17(21(28)30-7)13-16-11-9-8-10-12-16/h8-12,14-15,17-18H,13H2,1-7H3,(H,24,29)(H,25,27)(H,26,32)/t15-,17-,18-/m0/s1. The summed E-state index contributed by atoms with van der Waals surface area (Å²) in [6.07, 6.45) is -0.307. The molecule has 0 unspecified atom stereocenters. The molecule has 3 atom stereocenters. The first-order valence-corrected chi connectivity index (χ1v) is 11.0. The fourth-order valence-corrected chi connectivity index (χ4v) is 3.00. The van der Waals surface area contributed by atoms with Crippen molar-refractivity contribution in [3.8, 4) is 0 Å². The highest BCUT2D eigenvalue weighted by Crippen LogP contribution is 2.09. The third-order valence-corrected chi connectivity index (χ3v) is 4.93. The number of carbonyl (C=O) groups is 3. The number of esters is 1. The van der Waals surface area contributed by atoms with Crippen LogP contribution in [0.2, 0.25) is 0 Å². The average Bonchev–Trinajstić information content (AvgIpc) is 2.69. The SMILES string of the molecule is COC(=O)[C@H](Cc1ccccc1)NC(=O)[C@@H](NC(=S)[C@H](C)NC(=O)OC(C)(C)C)C(C)C. The Morgan fingerprint density at radius 2 is 1.59 bits per heavy atom. The number of hydrogen-bond donors (Lipinski definition) is 3. The number of ether oxygens (including phenoxy) is 2. The predicted octanol–water partition coefficient (Wildman–Crippen LogP) is 2.74. The van der Waals surface area contributed by atoms with Gasteiger partial charge in [0.1, 0.15) is 17.7 Å². The number of amides is 2. The molecule has 1 rings (SSSR count). The maximum absolute atomic E-state index is 13.0. The van der Waals surface area contributed by atoms with Crippen LogP contribution in [0.15, 0.2) is 30.3 Å². The molecule has 32 heavy (non-hydrogen) atoms. The molecular weight excluding hydrogens is 430 g/mol. The number of alkyl carbamates (subject to hydrolysis) is 1. The van der Waals surface area contributed by atoms with E-state index < -0.39 is 41.7 Å². The van der Waals surface area contributed by atoms with Crippen molar-refractivity contribution >= 4 is 35.2 Å². The van der Waals surface area contributed by atoms with Crippen LogP contribution in [-0.2, 0) is 25.5 Å². The molecule has 0 aliphatic carbocycles. The Balaban J connectivity index is 2.83. The molecule has 0 bridgehead atoms. The molecule has 178 valence electrons. The van der Waals surface area contributed by atoms with E-state index in [1.165, 1.54) is 7.11 Å². The second-order valence-corrected chi connectivity index (χ2v) is 9.31. The Hall–Kier alpha value is -2.68. The van der Waals surface area contributed by atoms with E-state index in [-0.39, 0.29) is 10.9 Å². The summed E-state index contributed by atoms with van der Waals surface area (Å²) in [5, 5.41) is 8.42. The Kier molecular flexibility index (Phi) is 10.6. The summed E-state index contributed by atoms with van der Waals surface area (Å²) in [6.45, 7) is 10.7. The topological polar surface area (TPSA) is 106 Å². The minimum absolute atomic E-state index is 0.142. The number of thiocarbonyl (C=S) groups is 1. The molecule has 2 amide bonds. The van der Waals surface area contributed by atoms with E-state index in [1.807, 2.05) is 44.2 Å². The van der Waals surface area contributed by atoms with Crippen LogP contribution in [0.4, 0.5) is 4.79 Å². The first-order chi connectivity index (χ1) is 14.8. The van der Waals surface area contributed by atoms with Gasteiger partial charge in [-0.25, -0.2) is 9.59 Å². The number of rotatable bonds is 9. The van der Waals surface area contributed by atoms with E-state index in [9.17, 15) is 14.4 Å². The molecule has 0 aliphatic heterocycles. The van der Waals surface area contributed by atoms with Gasteiger partial charge in [-0.05, 0) is 39.2 Å². The van der Waals surface area contributed by atoms with Crippen LogP contribution >= 0.6 is 12.2 Å². The monoisotopic (exact) mass is 465 g/mol. The molecule has 0 aromatic heterocycles. The second kappa shape index (κ2) is 12.4. The summed E-state index contributed by atoms with van der Waals surface area (Å²) in [4.78, 5) is 37.6. The van der Waals surface area contributed by atoms with Crippen LogP contribution in [0.25, 0.3) is 0 Å². The molecule has 9 heteroatoms. The summed E-state index contributed by atoms with van der Waals surface area (Å²) in [6, 6.07) is 7.23. The molecule has 0 heterocycles. The molecule has 0 saturated carbocycles. The highest BCUT2D eigenvalue weighted by molar-refractivity contribution is 7.80. The normalized spacial score (nSPS) is 14.0. The van der Waals surface area contributed by atoms with E-state index >= 15 is 0 Å². The van der Waals surface area contributed by atoms with Gasteiger partial charge in [-0.1, -0.05) is 56.4 Å². The zero-order valence-electron chi connectivity index (χ0n) is 19.9. The number of carbonyl (C=O) groups excluding carboxylic acids is 3. The number of methoxy groups -OCH3 is 1. The van der Waals surface area contributed by atoms with Crippen molar-refractivity contribution in [2.75, 3.05) is 7.11 Å². The van der Waals surface area contributed by atoms with Gasteiger partial charge in [-0.2, -0.15) is 0 Å². The lowest BCUT2D eigenvalue weighted by atomic mass is 10.0. The van der Waals surface area contributed by atoms with Crippen molar-refractivity contribution in [2.45, 2.75) is 71.7 Å². The lowest BCUT2D eigenvalue weighted by Gasteiger charge is -2.28. The third-order valence-electron chi connectivity index (χ3n) is 4.46. The highest BCUT2D eigenvalue weighted by atomic mass is 32.1. The van der Waals surface area contributed by atoms with E-state index in [0.717, 1.165) is 5.56 Å². The van der Waals surface area contributed by atoms with Gasteiger partial charge in [0.25, 0.3) is 0 Å². The van der Waals surface area contributed by atoms with Gasteiger partial charge in [0.2, 0.25) is 5.91 Å². The maximum atomic E-state index is 13.0. The summed E-state index contributed by atoms with van der Waals surface area (Å²) in [5.74, 6) is -1.07. The van der Waals surface area contributed by atoms with Gasteiger partial charge in [0, 0.05) is 6.42 Å². The van der Waals surface area contributed by atoms with Crippen molar-refractivity contribution in [2.24, 2.45) is 5.92 Å². The summed E-state index contributed by atoms with van der Waals surface area (Å²) in [7, 11) is 1.28. The van der Waals surface area contributed by atoms with Crippen LogP contribution in [0.3, 0.4) is 0 Å². The van der Waals surface area contributed by atoms with Crippen molar-refractivity contribution < 1.29 is 23.9 Å². The lowest BCUT2D eigenvalue weighted by Crippen LogP contribution is -2.57. The fourth-order valence-electron chi connectivity index (χ4n) is 2.81. The molecule has 0 radical (unpaired) electrons. The second-order valence-electron chi connectivity index (χ2n) is 8.87. The van der Waals surface area contributed by atoms with Gasteiger partial charge in [-0.3, -0.25) is 4.79 Å². The molecule has 8 nitrogen and oxygen atoms in total. The van der Waals surface area contributed by atoms with E-state index in [1.54, 1.807) is 27.7 Å². The summed E-state index contributed by atoms with van der Waals surface area (Å²) < 4.78 is 10.1. The number of nitrogens with one attached hydrogen (secondary N) is 3. The molecule has 0 fully saturated rings. The van der Waals surface area contributed by atoms with Crippen LogP contribution in [0.1, 0.15) is 47.1 Å². The van der Waals surface area contributed by atoms with Crippen molar-refractivity contribution in [1.82, 2.24) is 16.0 Å². The zero-order valence-corrected chi connectivity index (χ0v) is 20.7. The highest BCUT2D eigenvalue weighted by Gasteiger charge is 2.30. The van der Waals surface area contributed by atoms with Crippen molar-refractivity contribution in [1.29, 1.82) is 0 Å². The first-order valence-electron chi connectivity index (χ1n) is 10.6. The Bertz CT molecular complexity index is 793. The molecule has 0 saturated heterocycles. The van der Waals surface area contributed by atoms with E-state index in [2.05, 4.69) is 16.0 Å². The van der Waals surface area contributed by atoms with Crippen LogP contribution in [0, 0.1) is 5.92 Å². The quantitative estimate of drug-likeness (QED) is 0.380. The molecule has 0 aliphatic rings. The van der Waals surface area contributed by atoms with Crippen LogP contribution < -0.4 is 16.0 Å².